The summed E-state index contributed by atoms with van der Waals surface area (Å²) in [7, 11) is 3.84. The first-order valence-corrected chi connectivity index (χ1v) is 7.81. The zero-order valence-corrected chi connectivity index (χ0v) is 13.7. The van der Waals surface area contributed by atoms with Gasteiger partial charge in [-0.15, -0.1) is 0 Å². The molecule has 5 nitrogen and oxygen atoms in total. The van der Waals surface area contributed by atoms with E-state index in [0.29, 0.717) is 6.54 Å². The lowest BCUT2D eigenvalue weighted by atomic mass is 10.0. The summed E-state index contributed by atoms with van der Waals surface area (Å²) in [5.74, 6) is -0.521. The molecule has 7 heteroatoms. The number of halogens is 2. The second-order valence-electron chi connectivity index (χ2n) is 6.18. The number of aromatic nitrogens is 2. The Labute approximate surface area is 139 Å². The SMILES string of the molecule is CN(C)c1ncnc2c1CN(CC(O)c1ccc(F)cc1F)CC2. The Balaban J connectivity index is 1.76. The van der Waals surface area contributed by atoms with Crippen molar-refractivity contribution in [2.45, 2.75) is 19.1 Å². The number of β-amino-alcohol motifs (C(OH)–C–C–N with tert-alkyl or cyclic N) is 1. The Morgan fingerprint density at radius 2 is 2.08 bits per heavy atom. The zero-order chi connectivity index (χ0) is 17.3. The van der Waals surface area contributed by atoms with E-state index in [0.717, 1.165) is 42.2 Å². The van der Waals surface area contributed by atoms with Gasteiger partial charge in [-0.05, 0) is 6.07 Å². The molecule has 1 aromatic heterocycles. The Morgan fingerprint density at radius 1 is 1.29 bits per heavy atom. The fourth-order valence-electron chi connectivity index (χ4n) is 3.04. The van der Waals surface area contributed by atoms with Gasteiger partial charge in [0.15, 0.2) is 0 Å². The van der Waals surface area contributed by atoms with Crippen LogP contribution in [0.4, 0.5) is 14.6 Å². The van der Waals surface area contributed by atoms with E-state index in [1.54, 1.807) is 6.33 Å². The summed E-state index contributed by atoms with van der Waals surface area (Å²) in [5, 5.41) is 10.3. The molecule has 3 rings (SSSR count). The fourth-order valence-corrected chi connectivity index (χ4v) is 3.04. The molecule has 1 N–H and O–H groups in total. The molecule has 0 aliphatic carbocycles. The number of aliphatic hydroxyl groups excluding tert-OH is 1. The third-order valence-corrected chi connectivity index (χ3v) is 4.23. The van der Waals surface area contributed by atoms with Crippen LogP contribution in [0.15, 0.2) is 24.5 Å². The van der Waals surface area contributed by atoms with E-state index in [1.165, 1.54) is 6.07 Å². The minimum absolute atomic E-state index is 0.111. The van der Waals surface area contributed by atoms with Crippen LogP contribution in [0, 0.1) is 11.6 Å². The highest BCUT2D eigenvalue weighted by Crippen LogP contribution is 2.26. The molecule has 0 fully saturated rings. The van der Waals surface area contributed by atoms with Crippen molar-refractivity contribution >= 4 is 5.82 Å². The fraction of sp³-hybridized carbons (Fsp3) is 0.412. The maximum atomic E-state index is 13.8. The summed E-state index contributed by atoms with van der Waals surface area (Å²) in [6, 6.07) is 3.24. The molecule has 0 saturated carbocycles. The first-order valence-electron chi connectivity index (χ1n) is 7.81. The first-order chi connectivity index (χ1) is 11.5. The summed E-state index contributed by atoms with van der Waals surface area (Å²) in [6.45, 7) is 1.57. The first kappa shape index (κ1) is 16.7. The molecule has 0 spiro atoms. The predicted octanol–water partition coefficient (Wildman–Crippen LogP) is 1.91. The van der Waals surface area contributed by atoms with E-state index in [-0.39, 0.29) is 12.1 Å². The molecule has 1 aliphatic rings. The van der Waals surface area contributed by atoms with Crippen LogP contribution in [0.25, 0.3) is 0 Å². The maximum Gasteiger partial charge on any atom is 0.136 e. The quantitative estimate of drug-likeness (QED) is 0.926. The Kier molecular flexibility index (Phi) is 4.73. The highest BCUT2D eigenvalue weighted by molar-refractivity contribution is 5.48. The van der Waals surface area contributed by atoms with Gasteiger partial charge in [0, 0.05) is 57.3 Å². The van der Waals surface area contributed by atoms with Crippen LogP contribution in [0.5, 0.6) is 0 Å². The molecule has 0 amide bonds. The van der Waals surface area contributed by atoms with Crippen molar-refractivity contribution in [2.75, 3.05) is 32.1 Å². The van der Waals surface area contributed by atoms with Crippen LogP contribution in [0.3, 0.4) is 0 Å². The Hall–Kier alpha value is -2.12. The largest absolute Gasteiger partial charge is 0.387 e. The molecule has 1 atom stereocenters. The van der Waals surface area contributed by atoms with Crippen LogP contribution < -0.4 is 4.90 Å². The molecule has 2 heterocycles. The molecular formula is C17H20F2N4O. The van der Waals surface area contributed by atoms with Crippen molar-refractivity contribution < 1.29 is 13.9 Å². The highest BCUT2D eigenvalue weighted by atomic mass is 19.1. The molecule has 128 valence electrons. The minimum Gasteiger partial charge on any atom is -0.387 e. The third kappa shape index (κ3) is 3.37. The molecule has 1 aliphatic heterocycles. The molecule has 0 saturated heterocycles. The number of rotatable bonds is 4. The van der Waals surface area contributed by atoms with E-state index in [9.17, 15) is 13.9 Å². The zero-order valence-electron chi connectivity index (χ0n) is 13.7. The molecular weight excluding hydrogens is 314 g/mol. The summed E-state index contributed by atoms with van der Waals surface area (Å²) < 4.78 is 26.8. The van der Waals surface area contributed by atoms with Gasteiger partial charge in [-0.1, -0.05) is 6.07 Å². The second-order valence-corrected chi connectivity index (χ2v) is 6.18. The summed E-state index contributed by atoms with van der Waals surface area (Å²) in [4.78, 5) is 12.6. The van der Waals surface area contributed by atoms with E-state index < -0.39 is 17.7 Å². The van der Waals surface area contributed by atoms with Gasteiger partial charge in [0.2, 0.25) is 0 Å². The second kappa shape index (κ2) is 6.78. The number of hydrogen-bond donors (Lipinski definition) is 1. The van der Waals surface area contributed by atoms with Gasteiger partial charge >= 0.3 is 0 Å². The summed E-state index contributed by atoms with van der Waals surface area (Å²) in [6.07, 6.45) is 1.30. The van der Waals surface area contributed by atoms with E-state index in [1.807, 2.05) is 23.9 Å². The normalized spacial score (nSPS) is 15.9. The summed E-state index contributed by atoms with van der Waals surface area (Å²) >= 11 is 0. The van der Waals surface area contributed by atoms with Crippen LogP contribution in [-0.2, 0) is 13.0 Å². The lowest BCUT2D eigenvalue weighted by Gasteiger charge is -2.31. The number of benzene rings is 1. The number of nitrogens with zero attached hydrogens (tertiary/aromatic N) is 4. The standard InChI is InChI=1S/C17H20F2N4O/c1-22(2)17-13-8-23(6-5-15(13)20-10-21-17)9-16(24)12-4-3-11(18)7-14(12)19/h3-4,7,10,16,24H,5-6,8-9H2,1-2H3. The van der Waals surface area contributed by atoms with Gasteiger partial charge < -0.3 is 10.0 Å². The van der Waals surface area contributed by atoms with Crippen LogP contribution in [0.2, 0.25) is 0 Å². The number of hydrogen-bond acceptors (Lipinski definition) is 5. The molecule has 1 aromatic carbocycles. The van der Waals surface area contributed by atoms with Gasteiger partial charge in [-0.3, -0.25) is 4.90 Å². The van der Waals surface area contributed by atoms with Crippen molar-refractivity contribution in [3.63, 3.8) is 0 Å². The minimum atomic E-state index is -1.01. The van der Waals surface area contributed by atoms with Crippen molar-refractivity contribution in [1.29, 1.82) is 0 Å². The molecule has 0 bridgehead atoms. The average Bonchev–Trinajstić information content (AvgIpc) is 2.53. The number of fused-ring (bicyclic) bond motifs is 1. The van der Waals surface area contributed by atoms with Crippen molar-refractivity contribution in [3.8, 4) is 0 Å². The van der Waals surface area contributed by atoms with Crippen molar-refractivity contribution in [1.82, 2.24) is 14.9 Å². The predicted molar refractivity (Wildman–Crippen MR) is 86.7 cm³/mol. The average molecular weight is 334 g/mol. The number of aliphatic hydroxyl groups is 1. The molecule has 2 aromatic rings. The van der Waals surface area contributed by atoms with Crippen LogP contribution in [-0.4, -0.2) is 47.2 Å². The molecule has 0 radical (unpaired) electrons. The van der Waals surface area contributed by atoms with Crippen molar-refractivity contribution in [3.05, 3.63) is 53.0 Å². The van der Waals surface area contributed by atoms with Gasteiger partial charge in [0.25, 0.3) is 0 Å². The Morgan fingerprint density at radius 3 is 2.79 bits per heavy atom. The molecule has 24 heavy (non-hydrogen) atoms. The monoisotopic (exact) mass is 334 g/mol. The van der Waals surface area contributed by atoms with Gasteiger partial charge in [0.05, 0.1) is 11.8 Å². The van der Waals surface area contributed by atoms with Gasteiger partial charge in [-0.25, -0.2) is 18.7 Å². The topological polar surface area (TPSA) is 52.5 Å². The lowest BCUT2D eigenvalue weighted by Crippen LogP contribution is -2.35. The van der Waals surface area contributed by atoms with E-state index in [4.69, 9.17) is 0 Å². The van der Waals surface area contributed by atoms with Crippen LogP contribution >= 0.6 is 0 Å². The number of anilines is 1. The van der Waals surface area contributed by atoms with Crippen molar-refractivity contribution in [2.24, 2.45) is 0 Å². The smallest absolute Gasteiger partial charge is 0.136 e. The third-order valence-electron chi connectivity index (χ3n) is 4.23. The Bertz CT molecular complexity index is 739. The lowest BCUT2D eigenvalue weighted by molar-refractivity contribution is 0.102. The van der Waals surface area contributed by atoms with E-state index in [2.05, 4.69) is 9.97 Å². The summed E-state index contributed by atoms with van der Waals surface area (Å²) in [5.41, 5.74) is 2.15. The van der Waals surface area contributed by atoms with E-state index >= 15 is 0 Å². The maximum absolute atomic E-state index is 13.8. The highest BCUT2D eigenvalue weighted by Gasteiger charge is 2.24. The molecule has 1 unspecified atom stereocenters. The van der Waals surface area contributed by atoms with Crippen LogP contribution in [0.1, 0.15) is 22.9 Å². The van der Waals surface area contributed by atoms with Gasteiger partial charge in [-0.2, -0.15) is 0 Å². The van der Waals surface area contributed by atoms with Gasteiger partial charge in [0.1, 0.15) is 23.8 Å².